The molecule has 0 radical (unpaired) electrons. The Balaban J connectivity index is 3.88. The Morgan fingerprint density at radius 2 is 1.35 bits per heavy atom. The van der Waals surface area contributed by atoms with Gasteiger partial charge in [-0.25, -0.2) is 0 Å². The van der Waals surface area contributed by atoms with Gasteiger partial charge in [-0.15, -0.1) is 0 Å². The van der Waals surface area contributed by atoms with E-state index in [1.165, 1.54) is 0 Å². The molecule has 0 aromatic carbocycles. The van der Waals surface area contributed by atoms with Crippen LogP contribution in [0, 0.1) is 5.41 Å². The molecule has 31 heavy (non-hydrogen) atoms. The minimum absolute atomic E-state index is 0.131. The van der Waals surface area contributed by atoms with Crippen molar-refractivity contribution in [3.05, 3.63) is 0 Å². The van der Waals surface area contributed by atoms with Crippen LogP contribution in [0.25, 0.3) is 0 Å². The van der Waals surface area contributed by atoms with Gasteiger partial charge in [0.15, 0.2) is 11.5 Å². The normalized spacial score (nSPS) is 33.5. The van der Waals surface area contributed by atoms with Crippen LogP contribution in [0.5, 0.6) is 0 Å². The smallest absolute Gasteiger partial charge is 0.417 e. The van der Waals surface area contributed by atoms with Crippen molar-refractivity contribution in [3.63, 3.8) is 0 Å². The summed E-state index contributed by atoms with van der Waals surface area (Å²) in [6, 6.07) is 0. The third kappa shape index (κ3) is 3.51. The van der Waals surface area contributed by atoms with Gasteiger partial charge in [-0.1, -0.05) is 6.92 Å². The van der Waals surface area contributed by atoms with E-state index in [-0.39, 0.29) is 6.92 Å². The minimum Gasteiger partial charge on any atom is -0.417 e. The molecular weight excluding hydrogens is 479 g/mol. The topological polar surface area (TPSA) is 55.8 Å². The maximum absolute atomic E-state index is 14.3. The minimum atomic E-state index is -7.03. The van der Waals surface area contributed by atoms with Gasteiger partial charge in [-0.2, -0.15) is 57.1 Å². The number of rotatable bonds is 3. The molecule has 17 heteroatoms. The maximum atomic E-state index is 14.3. The van der Waals surface area contributed by atoms with Crippen LogP contribution >= 0.6 is 0 Å². The fourth-order valence-electron chi connectivity index (χ4n) is 2.44. The zero-order valence-electron chi connectivity index (χ0n) is 15.4. The van der Waals surface area contributed by atoms with Crippen LogP contribution in [0.1, 0.15) is 27.2 Å². The third-order valence-corrected chi connectivity index (χ3v) is 5.04. The number of hydrogen-bond donors (Lipinski definition) is 1. The van der Waals surface area contributed by atoms with E-state index in [1.54, 1.807) is 0 Å². The molecule has 0 spiro atoms. The second kappa shape index (κ2) is 6.99. The molecule has 0 saturated carbocycles. The first-order chi connectivity index (χ1) is 13.3. The van der Waals surface area contributed by atoms with E-state index in [0.717, 1.165) is 0 Å². The van der Waals surface area contributed by atoms with Gasteiger partial charge < -0.3 is 14.6 Å². The number of ether oxygens (including phenoxy) is 2. The van der Waals surface area contributed by atoms with E-state index in [9.17, 15) is 61.9 Å². The fraction of sp³-hybridized carbons (Fsp3) is 0.929. The SMILES string of the molecule is CCC(C)(C(=O)OC1(C(F)(F)F)OC(C)(C(F)(F)F)C(F)(F)C(O)C1(F)F)C(F)(F)F. The fourth-order valence-corrected chi connectivity index (χ4v) is 2.44. The Hall–Kier alpha value is -1.52. The first kappa shape index (κ1) is 27.5. The molecule has 0 aromatic rings. The quantitative estimate of drug-likeness (QED) is 0.457. The molecule has 1 rings (SSSR count). The molecule has 0 amide bonds. The van der Waals surface area contributed by atoms with Crippen molar-refractivity contribution < 1.29 is 76.5 Å². The van der Waals surface area contributed by atoms with Crippen LogP contribution in [0.2, 0.25) is 0 Å². The van der Waals surface area contributed by atoms with Crippen molar-refractivity contribution in [3.8, 4) is 0 Å². The second-order valence-corrected chi connectivity index (χ2v) is 6.97. The average Bonchev–Trinajstić information content (AvgIpc) is 2.54. The lowest BCUT2D eigenvalue weighted by atomic mass is 9.81. The summed E-state index contributed by atoms with van der Waals surface area (Å²) in [6.07, 6.45) is -26.0. The molecule has 1 aliphatic rings. The highest BCUT2D eigenvalue weighted by Crippen LogP contribution is 2.62. The molecule has 1 heterocycles. The Morgan fingerprint density at radius 1 is 0.935 bits per heavy atom. The van der Waals surface area contributed by atoms with Crippen molar-refractivity contribution in [1.82, 2.24) is 0 Å². The van der Waals surface area contributed by atoms with Gasteiger partial charge in [0.25, 0.3) is 0 Å². The number of carbonyl (C=O) groups is 1. The van der Waals surface area contributed by atoms with Crippen LogP contribution < -0.4 is 0 Å². The molecule has 1 saturated heterocycles. The summed E-state index contributed by atoms with van der Waals surface area (Å²) in [7, 11) is 0. The molecule has 4 nitrogen and oxygen atoms in total. The molecule has 1 N–H and O–H groups in total. The van der Waals surface area contributed by atoms with Gasteiger partial charge in [-0.3, -0.25) is 4.79 Å². The predicted molar refractivity (Wildman–Crippen MR) is 70.8 cm³/mol. The maximum Gasteiger partial charge on any atom is 0.462 e. The van der Waals surface area contributed by atoms with Crippen molar-refractivity contribution in [2.75, 3.05) is 0 Å². The summed E-state index contributed by atoms with van der Waals surface area (Å²) in [5.74, 6) is -22.3. The zero-order valence-corrected chi connectivity index (χ0v) is 15.4. The summed E-state index contributed by atoms with van der Waals surface area (Å²) in [5, 5.41) is 9.10. The van der Waals surface area contributed by atoms with E-state index < -0.39 is 72.6 Å². The van der Waals surface area contributed by atoms with Crippen LogP contribution in [0.4, 0.5) is 57.1 Å². The van der Waals surface area contributed by atoms with Crippen LogP contribution in [0.3, 0.4) is 0 Å². The van der Waals surface area contributed by atoms with Gasteiger partial charge in [0.1, 0.15) is 0 Å². The van der Waals surface area contributed by atoms with Gasteiger partial charge in [0.2, 0.25) is 5.60 Å². The van der Waals surface area contributed by atoms with Gasteiger partial charge >= 0.3 is 42.1 Å². The molecular formula is C14H13F13O4. The molecule has 0 bridgehead atoms. The number of carbonyl (C=O) groups excluding carboxylic acids is 1. The van der Waals surface area contributed by atoms with E-state index >= 15 is 0 Å². The lowest BCUT2D eigenvalue weighted by molar-refractivity contribution is -0.536. The lowest BCUT2D eigenvalue weighted by Crippen LogP contribution is -2.82. The first-order valence-corrected chi connectivity index (χ1v) is 7.87. The van der Waals surface area contributed by atoms with Crippen molar-refractivity contribution in [2.24, 2.45) is 5.41 Å². The number of alkyl halides is 13. The highest BCUT2D eigenvalue weighted by molar-refractivity contribution is 5.78. The van der Waals surface area contributed by atoms with E-state index in [1.807, 2.05) is 0 Å². The zero-order chi connectivity index (χ0) is 25.3. The largest absolute Gasteiger partial charge is 0.462 e. The van der Waals surface area contributed by atoms with Crippen LogP contribution in [-0.2, 0) is 14.3 Å². The number of esters is 1. The molecule has 184 valence electrons. The Labute approximate surface area is 164 Å². The Morgan fingerprint density at radius 3 is 1.65 bits per heavy atom. The monoisotopic (exact) mass is 492 g/mol. The van der Waals surface area contributed by atoms with E-state index in [2.05, 4.69) is 9.47 Å². The number of hydrogen-bond acceptors (Lipinski definition) is 4. The molecule has 0 aromatic heterocycles. The summed E-state index contributed by atoms with van der Waals surface area (Å²) >= 11 is 0. The molecule has 0 aliphatic carbocycles. The van der Waals surface area contributed by atoms with Gasteiger partial charge in [0, 0.05) is 0 Å². The Kier molecular flexibility index (Phi) is 6.20. The van der Waals surface area contributed by atoms with Crippen LogP contribution in [-0.4, -0.2) is 58.9 Å². The third-order valence-electron chi connectivity index (χ3n) is 5.04. The first-order valence-electron chi connectivity index (χ1n) is 7.87. The molecule has 4 atom stereocenters. The molecule has 1 fully saturated rings. The van der Waals surface area contributed by atoms with Gasteiger partial charge in [0.05, 0.1) is 0 Å². The number of aliphatic hydroxyl groups excluding tert-OH is 1. The number of aliphatic hydroxyl groups is 1. The standard InChI is InChI=1S/C14H13F13O4/c1-4-7(2,12(19,20)21)6(29)30-11(14(25,26)27)10(17,18)5(28)9(15,16)8(3,31-11)13(22,23)24/h5,28H,4H2,1-3H3. The van der Waals surface area contributed by atoms with E-state index in [4.69, 9.17) is 5.11 Å². The van der Waals surface area contributed by atoms with Crippen LogP contribution in [0.15, 0.2) is 0 Å². The highest BCUT2D eigenvalue weighted by Gasteiger charge is 2.91. The van der Waals surface area contributed by atoms with Gasteiger partial charge in [-0.05, 0) is 20.3 Å². The van der Waals surface area contributed by atoms with Crippen molar-refractivity contribution in [2.45, 2.75) is 75.1 Å². The molecule has 4 unspecified atom stereocenters. The second-order valence-electron chi connectivity index (χ2n) is 6.97. The summed E-state index contributed by atoms with van der Waals surface area (Å²) in [5.41, 5.74) is -9.57. The van der Waals surface area contributed by atoms with Crippen molar-refractivity contribution in [1.29, 1.82) is 0 Å². The average molecular weight is 492 g/mol. The summed E-state index contributed by atoms with van der Waals surface area (Å²) in [6.45, 7) is -0.464. The predicted octanol–water partition coefficient (Wildman–Crippen LogP) is 4.75. The summed E-state index contributed by atoms with van der Waals surface area (Å²) < 4.78 is 182. The molecule has 1 aliphatic heterocycles. The highest BCUT2D eigenvalue weighted by atomic mass is 19.4. The van der Waals surface area contributed by atoms with E-state index in [0.29, 0.717) is 6.92 Å². The lowest BCUT2D eigenvalue weighted by Gasteiger charge is -2.55. The Bertz CT molecular complexity index is 712. The number of halogens is 13. The summed E-state index contributed by atoms with van der Waals surface area (Å²) in [4.78, 5) is 11.9. The van der Waals surface area contributed by atoms with Crippen molar-refractivity contribution >= 4 is 5.97 Å².